The first kappa shape index (κ1) is 21.7. The normalized spacial score (nSPS) is 11.0. The summed E-state index contributed by atoms with van der Waals surface area (Å²) < 4.78 is 46.0. The molecule has 0 bridgehead atoms. The van der Waals surface area contributed by atoms with Gasteiger partial charge in [-0.1, -0.05) is 6.07 Å². The molecule has 2 aromatic carbocycles. The maximum Gasteiger partial charge on any atom is 0.201 e. The molecule has 0 saturated heterocycles. The van der Waals surface area contributed by atoms with Crippen molar-refractivity contribution in [1.82, 2.24) is 19.9 Å². The van der Waals surface area contributed by atoms with Crippen LogP contribution in [0.15, 0.2) is 78.5 Å². The minimum absolute atomic E-state index is 0.0638. The predicted molar refractivity (Wildman–Crippen MR) is 123 cm³/mol. The van der Waals surface area contributed by atoms with E-state index in [2.05, 4.69) is 24.7 Å². The molecular formula is C24H14F3N5OS. The lowest BCUT2D eigenvalue weighted by Gasteiger charge is -2.11. The number of ketones is 1. The van der Waals surface area contributed by atoms with Gasteiger partial charge in [0, 0.05) is 51.8 Å². The zero-order chi connectivity index (χ0) is 23.7. The molecule has 5 aromatic rings. The van der Waals surface area contributed by atoms with Crippen molar-refractivity contribution >= 4 is 34.5 Å². The molecule has 10 heteroatoms. The smallest absolute Gasteiger partial charge is 0.201 e. The first-order valence-electron chi connectivity index (χ1n) is 9.95. The number of rotatable bonds is 6. The minimum Gasteiger partial charge on any atom is -0.345 e. The number of fused-ring (bicyclic) bond motifs is 1. The van der Waals surface area contributed by atoms with E-state index in [1.165, 1.54) is 36.8 Å². The number of hydrogen-bond donors (Lipinski definition) is 2. The molecule has 0 amide bonds. The lowest BCUT2D eigenvalue weighted by Crippen LogP contribution is -2.09. The van der Waals surface area contributed by atoms with E-state index in [1.807, 2.05) is 0 Å². The molecule has 2 N–H and O–H groups in total. The van der Waals surface area contributed by atoms with Crippen LogP contribution >= 0.6 is 11.9 Å². The summed E-state index contributed by atoms with van der Waals surface area (Å²) in [4.78, 5) is 28.8. The van der Waals surface area contributed by atoms with E-state index in [1.54, 1.807) is 30.7 Å². The number of nitrogens with one attached hydrogen (secondary N) is 2. The molecule has 0 aliphatic heterocycles. The number of aromatic nitrogens is 4. The van der Waals surface area contributed by atoms with E-state index in [9.17, 15) is 13.6 Å². The molecular weight excluding hydrogens is 463 g/mol. The van der Waals surface area contributed by atoms with Gasteiger partial charge >= 0.3 is 0 Å². The van der Waals surface area contributed by atoms with Crippen LogP contribution in [-0.4, -0.2) is 25.7 Å². The van der Waals surface area contributed by atoms with Gasteiger partial charge in [-0.05, 0) is 48.3 Å². The average molecular weight is 477 g/mol. The topological polar surface area (TPSA) is 83.6 Å². The SMILES string of the molecule is O=C(c1c(F)ccc(NSc2cccc(F)c2)c1F)c1c[nH]c2ncc(-c3cncnc3)cc12. The van der Waals surface area contributed by atoms with Crippen LogP contribution in [0.5, 0.6) is 0 Å². The quantitative estimate of drug-likeness (QED) is 0.238. The monoisotopic (exact) mass is 477 g/mol. The summed E-state index contributed by atoms with van der Waals surface area (Å²) >= 11 is 0.936. The third-order valence-corrected chi connectivity index (χ3v) is 5.87. The van der Waals surface area contributed by atoms with E-state index in [0.29, 0.717) is 27.1 Å². The molecule has 34 heavy (non-hydrogen) atoms. The second kappa shape index (κ2) is 8.99. The molecule has 0 aliphatic rings. The Morgan fingerprint density at radius 2 is 1.79 bits per heavy atom. The Kier molecular flexibility index (Phi) is 5.72. The van der Waals surface area contributed by atoms with Crippen molar-refractivity contribution in [2.75, 3.05) is 4.72 Å². The van der Waals surface area contributed by atoms with E-state index in [-0.39, 0.29) is 11.3 Å². The van der Waals surface area contributed by atoms with Gasteiger partial charge in [-0.3, -0.25) is 4.79 Å². The molecule has 6 nitrogen and oxygen atoms in total. The number of benzene rings is 2. The Hall–Kier alpha value is -4.18. The molecule has 3 heterocycles. The van der Waals surface area contributed by atoms with Crippen molar-refractivity contribution in [3.63, 3.8) is 0 Å². The van der Waals surface area contributed by atoms with Crippen LogP contribution in [0.4, 0.5) is 18.9 Å². The molecule has 168 valence electrons. The standard InChI is InChI=1S/C24H14F3N5OS/c25-15-2-1-3-16(7-15)34-32-20-5-4-19(26)21(22(20)27)23(33)18-11-31-24-17(18)6-13(10-30-24)14-8-28-12-29-9-14/h1-12,32H,(H,30,31). The molecule has 0 fully saturated rings. The first-order valence-corrected chi connectivity index (χ1v) is 10.8. The van der Waals surface area contributed by atoms with Crippen molar-refractivity contribution in [2.45, 2.75) is 4.90 Å². The van der Waals surface area contributed by atoms with Gasteiger partial charge in [0.25, 0.3) is 0 Å². The number of hydrogen-bond acceptors (Lipinski definition) is 6. The fraction of sp³-hybridized carbons (Fsp3) is 0. The van der Waals surface area contributed by atoms with Crippen LogP contribution in [0, 0.1) is 17.5 Å². The Bertz CT molecular complexity index is 1520. The third kappa shape index (κ3) is 4.11. The fourth-order valence-electron chi connectivity index (χ4n) is 3.42. The maximum absolute atomic E-state index is 15.2. The van der Waals surface area contributed by atoms with Crippen LogP contribution < -0.4 is 4.72 Å². The van der Waals surface area contributed by atoms with Crippen LogP contribution in [0.25, 0.3) is 22.2 Å². The number of nitrogens with zero attached hydrogens (tertiary/aromatic N) is 3. The second-order valence-electron chi connectivity index (χ2n) is 7.22. The molecule has 5 rings (SSSR count). The molecule has 0 unspecified atom stereocenters. The van der Waals surface area contributed by atoms with Crippen LogP contribution in [-0.2, 0) is 0 Å². The number of carbonyl (C=O) groups excluding carboxylic acids is 1. The van der Waals surface area contributed by atoms with Gasteiger partial charge in [-0.15, -0.1) is 0 Å². The zero-order valence-corrected chi connectivity index (χ0v) is 18.0. The van der Waals surface area contributed by atoms with E-state index < -0.39 is 28.8 Å². The van der Waals surface area contributed by atoms with Gasteiger partial charge in [0.1, 0.15) is 23.6 Å². The maximum atomic E-state index is 15.2. The summed E-state index contributed by atoms with van der Waals surface area (Å²) in [5.74, 6) is -3.34. The largest absolute Gasteiger partial charge is 0.345 e. The summed E-state index contributed by atoms with van der Waals surface area (Å²) in [6.07, 6.45) is 7.52. The molecule has 0 saturated carbocycles. The van der Waals surface area contributed by atoms with Gasteiger partial charge in [-0.25, -0.2) is 28.1 Å². The lowest BCUT2D eigenvalue weighted by atomic mass is 10.0. The first-order chi connectivity index (χ1) is 16.5. The molecule has 0 atom stereocenters. The highest BCUT2D eigenvalue weighted by molar-refractivity contribution is 8.00. The van der Waals surface area contributed by atoms with Crippen LogP contribution in [0.3, 0.4) is 0 Å². The van der Waals surface area contributed by atoms with Gasteiger partial charge in [0.2, 0.25) is 5.78 Å². The Morgan fingerprint density at radius 1 is 0.971 bits per heavy atom. The van der Waals surface area contributed by atoms with Gasteiger partial charge in [0.15, 0.2) is 5.82 Å². The van der Waals surface area contributed by atoms with Gasteiger partial charge in [0.05, 0.1) is 11.3 Å². The third-order valence-electron chi connectivity index (χ3n) is 5.06. The van der Waals surface area contributed by atoms with Crippen molar-refractivity contribution < 1.29 is 18.0 Å². The van der Waals surface area contributed by atoms with Gasteiger partial charge in [-0.2, -0.15) is 0 Å². The average Bonchev–Trinajstić information content (AvgIpc) is 3.27. The summed E-state index contributed by atoms with van der Waals surface area (Å²) in [6.45, 7) is 0. The second-order valence-corrected chi connectivity index (χ2v) is 8.10. The number of aromatic amines is 1. The highest BCUT2D eigenvalue weighted by Gasteiger charge is 2.24. The predicted octanol–water partition coefficient (Wildman–Crippen LogP) is 5.79. The Morgan fingerprint density at radius 3 is 2.59 bits per heavy atom. The zero-order valence-electron chi connectivity index (χ0n) is 17.2. The van der Waals surface area contributed by atoms with Crippen molar-refractivity contribution in [3.8, 4) is 11.1 Å². The summed E-state index contributed by atoms with van der Waals surface area (Å²) in [5.41, 5.74) is 0.951. The number of pyridine rings is 1. The van der Waals surface area contributed by atoms with E-state index in [4.69, 9.17) is 0 Å². The fourth-order valence-corrected chi connectivity index (χ4v) is 4.12. The van der Waals surface area contributed by atoms with Crippen molar-refractivity contribution in [2.24, 2.45) is 0 Å². The molecule has 0 radical (unpaired) electrons. The number of anilines is 1. The summed E-state index contributed by atoms with van der Waals surface area (Å²) in [6, 6.07) is 9.55. The van der Waals surface area contributed by atoms with Crippen LogP contribution in [0.2, 0.25) is 0 Å². The van der Waals surface area contributed by atoms with Crippen molar-refractivity contribution in [1.29, 1.82) is 0 Å². The Balaban J connectivity index is 1.50. The summed E-state index contributed by atoms with van der Waals surface area (Å²) in [5, 5.41) is 0.401. The van der Waals surface area contributed by atoms with Gasteiger partial charge < -0.3 is 9.71 Å². The molecule has 3 aromatic heterocycles. The Labute approximate surface area is 195 Å². The summed E-state index contributed by atoms with van der Waals surface area (Å²) in [7, 11) is 0. The molecule has 0 spiro atoms. The minimum atomic E-state index is -1.05. The van der Waals surface area contributed by atoms with Crippen LogP contribution in [0.1, 0.15) is 15.9 Å². The lowest BCUT2D eigenvalue weighted by molar-refractivity contribution is 0.103. The number of carbonyl (C=O) groups is 1. The van der Waals surface area contributed by atoms with E-state index >= 15 is 4.39 Å². The number of H-pyrrole nitrogens is 1. The number of halogens is 3. The highest BCUT2D eigenvalue weighted by atomic mass is 32.2. The highest BCUT2D eigenvalue weighted by Crippen LogP contribution is 2.31. The molecule has 0 aliphatic carbocycles. The van der Waals surface area contributed by atoms with E-state index in [0.717, 1.165) is 18.0 Å². The van der Waals surface area contributed by atoms with Crippen molar-refractivity contribution in [3.05, 3.63) is 102 Å².